The van der Waals surface area contributed by atoms with Crippen molar-refractivity contribution in [2.45, 2.75) is 52.6 Å². The molecule has 3 aromatic rings. The molecule has 1 fully saturated rings. The lowest BCUT2D eigenvalue weighted by molar-refractivity contribution is -0.142. The van der Waals surface area contributed by atoms with Crippen molar-refractivity contribution in [3.05, 3.63) is 47.2 Å². The zero-order valence-corrected chi connectivity index (χ0v) is 26.8. The van der Waals surface area contributed by atoms with Crippen molar-refractivity contribution in [1.29, 1.82) is 0 Å². The maximum Gasteiger partial charge on any atom is 0.245 e. The summed E-state index contributed by atoms with van der Waals surface area (Å²) in [5.41, 5.74) is 0.0899. The van der Waals surface area contributed by atoms with E-state index in [1.807, 2.05) is 20.8 Å². The Balaban J connectivity index is 1.56. The van der Waals surface area contributed by atoms with E-state index < -0.39 is 40.1 Å². The first-order chi connectivity index (χ1) is 21.2. The van der Waals surface area contributed by atoms with Gasteiger partial charge in [0.05, 0.1) is 36.0 Å². The third-order valence-corrected chi connectivity index (χ3v) is 8.18. The third-order valence-electron chi connectivity index (χ3n) is 7.83. The highest BCUT2D eigenvalue weighted by Crippen LogP contribution is 2.35. The van der Waals surface area contributed by atoms with E-state index >= 15 is 0 Å². The molecular formula is C31H38ClF2N7O4. The predicted octanol–water partition coefficient (Wildman–Crippen LogP) is 4.63. The summed E-state index contributed by atoms with van der Waals surface area (Å²) in [6, 6.07) is 4.17. The van der Waals surface area contributed by atoms with Gasteiger partial charge in [-0.3, -0.25) is 14.4 Å². The Morgan fingerprint density at radius 2 is 1.87 bits per heavy atom. The molecule has 0 bridgehead atoms. The van der Waals surface area contributed by atoms with Crippen molar-refractivity contribution in [1.82, 2.24) is 25.5 Å². The Morgan fingerprint density at radius 3 is 2.53 bits per heavy atom. The van der Waals surface area contributed by atoms with Gasteiger partial charge in [0.15, 0.2) is 5.82 Å². The molecule has 1 unspecified atom stereocenters. The number of halogens is 3. The Labute approximate surface area is 265 Å². The van der Waals surface area contributed by atoms with Gasteiger partial charge in [0.1, 0.15) is 34.8 Å². The van der Waals surface area contributed by atoms with Crippen LogP contribution in [0.4, 0.5) is 26.0 Å². The second-order valence-corrected chi connectivity index (χ2v) is 12.4. The molecule has 0 aliphatic carbocycles. The molecule has 3 atom stereocenters. The first kappa shape index (κ1) is 33.8. The minimum atomic E-state index is -0.980. The second-order valence-electron chi connectivity index (χ2n) is 12.1. The summed E-state index contributed by atoms with van der Waals surface area (Å²) in [7, 11) is 3.12. The highest BCUT2D eigenvalue weighted by atomic mass is 35.5. The number of fused-ring (bicyclic) bond motifs is 1. The van der Waals surface area contributed by atoms with Crippen LogP contribution in [0.25, 0.3) is 10.9 Å². The summed E-state index contributed by atoms with van der Waals surface area (Å²) in [5.74, 6) is -2.75. The molecule has 4 rings (SSSR count). The van der Waals surface area contributed by atoms with Gasteiger partial charge < -0.3 is 30.9 Å². The third kappa shape index (κ3) is 7.59. The molecule has 2 aromatic carbocycles. The number of carbonyl (C=O) groups excluding carboxylic acids is 3. The second kappa shape index (κ2) is 13.9. The Hall–Kier alpha value is -4.10. The van der Waals surface area contributed by atoms with Gasteiger partial charge in [-0.1, -0.05) is 32.4 Å². The largest absolute Gasteiger partial charge is 0.494 e. The maximum atomic E-state index is 14.6. The molecule has 0 spiro atoms. The summed E-state index contributed by atoms with van der Waals surface area (Å²) in [4.78, 5) is 50.0. The van der Waals surface area contributed by atoms with Gasteiger partial charge in [0.2, 0.25) is 17.7 Å². The van der Waals surface area contributed by atoms with Crippen LogP contribution >= 0.6 is 11.6 Å². The number of aromatic nitrogens is 2. The highest BCUT2D eigenvalue weighted by Gasteiger charge is 2.39. The lowest BCUT2D eigenvalue weighted by Crippen LogP contribution is -2.59. The molecule has 45 heavy (non-hydrogen) atoms. The molecule has 1 saturated heterocycles. The molecule has 4 N–H and O–H groups in total. The number of rotatable bonds is 9. The summed E-state index contributed by atoms with van der Waals surface area (Å²) < 4.78 is 33.8. The standard InChI is InChI=1S/C31H38ClF2N7O4/c1-16(35-5)28(42)40-26(31(2,3)4)30(44)41-11-7-8-17(14-41)29(43)39-22-12-18-21(13-23(22)45-6)36-15-37-27(18)38-20-10-9-19(33)24(32)25(20)34/h9-10,12-13,15-17,26,35H,7-8,11,14H2,1-6H3,(H,39,43)(H,40,42)(H,36,37,38)/t16-,17?,26+/m0/s1. The molecule has 3 amide bonds. The van der Waals surface area contributed by atoms with Gasteiger partial charge in [0.25, 0.3) is 0 Å². The lowest BCUT2D eigenvalue weighted by atomic mass is 9.84. The van der Waals surface area contributed by atoms with E-state index in [-0.39, 0.29) is 35.8 Å². The summed E-state index contributed by atoms with van der Waals surface area (Å²) in [6.45, 7) is 7.99. The van der Waals surface area contributed by atoms with Crippen LogP contribution in [0, 0.1) is 23.0 Å². The molecule has 1 aliphatic rings. The van der Waals surface area contributed by atoms with Crippen molar-refractivity contribution >= 4 is 57.4 Å². The number of hydrogen-bond donors (Lipinski definition) is 4. The van der Waals surface area contributed by atoms with Gasteiger partial charge in [0, 0.05) is 24.5 Å². The van der Waals surface area contributed by atoms with Gasteiger partial charge >= 0.3 is 0 Å². The van der Waals surface area contributed by atoms with E-state index in [1.54, 1.807) is 31.0 Å². The topological polar surface area (TPSA) is 138 Å². The number of benzene rings is 2. The van der Waals surface area contributed by atoms with E-state index in [2.05, 4.69) is 31.2 Å². The van der Waals surface area contributed by atoms with Crippen LogP contribution in [-0.4, -0.2) is 71.9 Å². The number of anilines is 3. The summed E-state index contributed by atoms with van der Waals surface area (Å²) in [5, 5.41) is 11.3. The molecule has 0 radical (unpaired) electrons. The highest BCUT2D eigenvalue weighted by molar-refractivity contribution is 6.31. The first-order valence-electron chi connectivity index (χ1n) is 14.6. The van der Waals surface area contributed by atoms with Crippen molar-refractivity contribution in [3.63, 3.8) is 0 Å². The van der Waals surface area contributed by atoms with Gasteiger partial charge in [-0.25, -0.2) is 18.7 Å². The van der Waals surface area contributed by atoms with Crippen LogP contribution in [0.15, 0.2) is 30.6 Å². The average Bonchev–Trinajstić information content (AvgIpc) is 3.02. The predicted molar refractivity (Wildman–Crippen MR) is 169 cm³/mol. The lowest BCUT2D eigenvalue weighted by Gasteiger charge is -2.38. The SMILES string of the molecule is CN[C@@H](C)C(=O)N[C@H](C(=O)N1CCCC(C(=O)Nc2cc3c(Nc4ccc(F)c(Cl)c4F)ncnc3cc2OC)C1)C(C)(C)C. The van der Waals surface area contributed by atoms with Crippen molar-refractivity contribution in [2.75, 3.05) is 37.9 Å². The average molecular weight is 646 g/mol. The molecule has 0 saturated carbocycles. The summed E-state index contributed by atoms with van der Waals surface area (Å²) >= 11 is 5.74. The molecule has 1 aliphatic heterocycles. The molecule has 14 heteroatoms. The van der Waals surface area contributed by atoms with Gasteiger partial charge in [-0.15, -0.1) is 0 Å². The molecule has 11 nitrogen and oxygen atoms in total. The van der Waals surface area contributed by atoms with Crippen LogP contribution in [0.5, 0.6) is 5.75 Å². The van der Waals surface area contributed by atoms with E-state index in [4.69, 9.17) is 16.3 Å². The van der Waals surface area contributed by atoms with Crippen LogP contribution in [0.3, 0.4) is 0 Å². The fourth-order valence-electron chi connectivity index (χ4n) is 5.06. The number of hydrogen-bond acceptors (Lipinski definition) is 8. The van der Waals surface area contributed by atoms with Crippen molar-refractivity contribution in [3.8, 4) is 5.75 Å². The normalized spacial score (nSPS) is 16.6. The minimum absolute atomic E-state index is 0.0973. The molecule has 2 heterocycles. The molecule has 242 valence electrons. The van der Waals surface area contributed by atoms with Gasteiger partial charge in [-0.05, 0) is 50.4 Å². The number of methoxy groups -OCH3 is 1. The molecular weight excluding hydrogens is 608 g/mol. The Bertz CT molecular complexity index is 1600. The number of carbonyl (C=O) groups is 3. The maximum absolute atomic E-state index is 14.6. The minimum Gasteiger partial charge on any atom is -0.494 e. The smallest absolute Gasteiger partial charge is 0.245 e. The van der Waals surface area contributed by atoms with Crippen LogP contribution in [0.2, 0.25) is 5.02 Å². The number of likely N-dealkylation sites (tertiary alicyclic amines) is 1. The van der Waals surface area contributed by atoms with Crippen LogP contribution < -0.4 is 26.0 Å². The molecule has 1 aromatic heterocycles. The van der Waals surface area contributed by atoms with E-state index in [0.717, 1.165) is 6.07 Å². The number of ether oxygens (including phenoxy) is 1. The summed E-state index contributed by atoms with van der Waals surface area (Å²) in [6.07, 6.45) is 2.42. The number of nitrogens with zero attached hydrogens (tertiary/aromatic N) is 3. The first-order valence-corrected chi connectivity index (χ1v) is 14.9. The fraction of sp³-hybridized carbons (Fsp3) is 0.452. The zero-order valence-electron chi connectivity index (χ0n) is 26.1. The Morgan fingerprint density at radius 1 is 1.13 bits per heavy atom. The van der Waals surface area contributed by atoms with Gasteiger partial charge in [-0.2, -0.15) is 0 Å². The van der Waals surface area contributed by atoms with Crippen molar-refractivity contribution < 1.29 is 27.9 Å². The number of likely N-dealkylation sites (N-methyl/N-ethyl adjacent to an activating group) is 1. The van der Waals surface area contributed by atoms with E-state index in [9.17, 15) is 23.2 Å². The zero-order chi connectivity index (χ0) is 33.1. The number of amides is 3. The van der Waals surface area contributed by atoms with Crippen LogP contribution in [-0.2, 0) is 14.4 Å². The Kier molecular flexibility index (Phi) is 10.4. The van der Waals surface area contributed by atoms with E-state index in [0.29, 0.717) is 41.7 Å². The van der Waals surface area contributed by atoms with Crippen LogP contribution in [0.1, 0.15) is 40.5 Å². The quantitative estimate of drug-likeness (QED) is 0.247. The van der Waals surface area contributed by atoms with Crippen molar-refractivity contribution in [2.24, 2.45) is 11.3 Å². The number of piperidine rings is 1. The van der Waals surface area contributed by atoms with E-state index in [1.165, 1.54) is 19.5 Å². The number of nitrogens with one attached hydrogen (secondary N) is 4. The fourth-order valence-corrected chi connectivity index (χ4v) is 5.22. The monoisotopic (exact) mass is 645 g/mol.